The Kier molecular flexibility index (Phi) is 6.25. The minimum atomic E-state index is -0.352. The van der Waals surface area contributed by atoms with Crippen LogP contribution in [-0.4, -0.2) is 11.9 Å². The summed E-state index contributed by atoms with van der Waals surface area (Å²) in [6.07, 6.45) is 0. The van der Waals surface area contributed by atoms with Crippen LogP contribution in [0.5, 0.6) is 11.5 Å². The molecule has 3 aromatic rings. The average Bonchev–Trinajstić information content (AvgIpc) is 2.70. The summed E-state index contributed by atoms with van der Waals surface area (Å²) < 4.78 is 10.3. The number of hydrogen-bond donors (Lipinski definition) is 0. The number of esters is 2. The van der Waals surface area contributed by atoms with Crippen molar-refractivity contribution in [2.24, 2.45) is 0 Å². The van der Waals surface area contributed by atoms with Crippen molar-refractivity contribution in [1.29, 1.82) is 0 Å². The maximum Gasteiger partial charge on any atom is 0.308 e. The molecule has 0 aliphatic carbocycles. The molecule has 0 spiro atoms. The van der Waals surface area contributed by atoms with E-state index >= 15 is 0 Å². The molecule has 0 aliphatic heterocycles. The number of benzene rings is 3. The van der Waals surface area contributed by atoms with E-state index in [1.807, 2.05) is 42.5 Å². The van der Waals surface area contributed by atoms with Gasteiger partial charge in [0.1, 0.15) is 11.5 Å². The van der Waals surface area contributed by atoms with Crippen LogP contribution < -0.4 is 9.47 Å². The first-order valence-corrected chi connectivity index (χ1v) is 9.28. The number of carbonyl (C=O) groups is 2. The second kappa shape index (κ2) is 9.02. The Balaban J connectivity index is 2.07. The van der Waals surface area contributed by atoms with Gasteiger partial charge in [0.05, 0.1) is 0 Å². The highest BCUT2D eigenvalue weighted by atomic mass is 16.5. The second-order valence-electron chi connectivity index (χ2n) is 6.60. The Labute approximate surface area is 170 Å². The van der Waals surface area contributed by atoms with E-state index in [1.54, 1.807) is 24.3 Å². The van der Waals surface area contributed by atoms with E-state index < -0.39 is 0 Å². The summed E-state index contributed by atoms with van der Waals surface area (Å²) in [5.74, 6) is 0.302. The average molecular weight is 386 g/mol. The van der Waals surface area contributed by atoms with Crippen LogP contribution in [0.15, 0.2) is 78.9 Å². The van der Waals surface area contributed by atoms with Crippen LogP contribution in [0.2, 0.25) is 0 Å². The fourth-order valence-corrected chi connectivity index (χ4v) is 3.14. The molecule has 0 bridgehead atoms. The van der Waals surface area contributed by atoms with Crippen LogP contribution in [-0.2, 0) is 9.59 Å². The van der Waals surface area contributed by atoms with Crippen LogP contribution in [0.3, 0.4) is 0 Å². The Morgan fingerprint density at radius 2 is 0.966 bits per heavy atom. The van der Waals surface area contributed by atoms with Crippen LogP contribution in [0.4, 0.5) is 0 Å². The molecule has 3 rings (SSSR count). The quantitative estimate of drug-likeness (QED) is 0.329. The SMILES string of the molecule is CC(=O)Oc1ccc(C(=C(C)c2ccccc2)c2ccc(OC(C)=O)cc2)cc1. The lowest BCUT2D eigenvalue weighted by Crippen LogP contribution is -2.02. The standard InChI is InChI=1S/C25H22O4/c1-17(20-7-5-4-6-8-20)25(21-9-13-23(14-10-21)28-18(2)26)22-11-15-24(16-12-22)29-19(3)27/h4-16H,1-3H3. The maximum absolute atomic E-state index is 11.2. The maximum atomic E-state index is 11.2. The number of carbonyl (C=O) groups excluding carboxylic acids is 2. The van der Waals surface area contributed by atoms with Crippen molar-refractivity contribution in [2.45, 2.75) is 20.8 Å². The molecule has 4 heteroatoms. The molecule has 146 valence electrons. The summed E-state index contributed by atoms with van der Waals surface area (Å²) in [5.41, 5.74) is 5.23. The molecule has 0 aromatic heterocycles. The minimum absolute atomic E-state index is 0.352. The molecular weight excluding hydrogens is 364 g/mol. The van der Waals surface area contributed by atoms with E-state index in [-0.39, 0.29) is 11.9 Å². The van der Waals surface area contributed by atoms with E-state index in [9.17, 15) is 9.59 Å². The predicted molar refractivity (Wildman–Crippen MR) is 114 cm³/mol. The van der Waals surface area contributed by atoms with Gasteiger partial charge in [-0.2, -0.15) is 0 Å². The monoisotopic (exact) mass is 386 g/mol. The first-order chi connectivity index (χ1) is 13.9. The number of allylic oxidation sites excluding steroid dienone is 1. The third-order valence-corrected chi connectivity index (χ3v) is 4.39. The molecule has 0 N–H and O–H groups in total. The van der Waals surface area contributed by atoms with Gasteiger partial charge in [-0.05, 0) is 59.0 Å². The van der Waals surface area contributed by atoms with E-state index in [0.717, 1.165) is 27.8 Å². The Hall–Kier alpha value is -3.66. The molecule has 0 aliphatic rings. The smallest absolute Gasteiger partial charge is 0.308 e. The van der Waals surface area contributed by atoms with Crippen LogP contribution >= 0.6 is 0 Å². The highest BCUT2D eigenvalue weighted by Gasteiger charge is 2.12. The van der Waals surface area contributed by atoms with Crippen LogP contribution in [0.1, 0.15) is 37.5 Å². The van der Waals surface area contributed by atoms with Gasteiger partial charge in [-0.1, -0.05) is 54.6 Å². The van der Waals surface area contributed by atoms with E-state index in [1.165, 1.54) is 13.8 Å². The molecular formula is C25H22O4. The highest BCUT2D eigenvalue weighted by Crippen LogP contribution is 2.33. The lowest BCUT2D eigenvalue weighted by molar-refractivity contribution is -0.132. The summed E-state index contributed by atoms with van der Waals surface area (Å²) in [6, 6.07) is 25.0. The Bertz CT molecular complexity index is 969. The third kappa shape index (κ3) is 5.20. The van der Waals surface area contributed by atoms with Gasteiger partial charge < -0.3 is 9.47 Å². The van der Waals surface area contributed by atoms with Crippen molar-refractivity contribution in [1.82, 2.24) is 0 Å². The lowest BCUT2D eigenvalue weighted by atomic mass is 9.90. The predicted octanol–water partition coefficient (Wildman–Crippen LogP) is 5.52. The van der Waals surface area contributed by atoms with E-state index in [0.29, 0.717) is 11.5 Å². The molecule has 29 heavy (non-hydrogen) atoms. The van der Waals surface area contributed by atoms with Crippen molar-refractivity contribution in [2.75, 3.05) is 0 Å². The van der Waals surface area contributed by atoms with Crippen molar-refractivity contribution in [3.8, 4) is 11.5 Å². The van der Waals surface area contributed by atoms with Gasteiger partial charge in [-0.25, -0.2) is 0 Å². The largest absolute Gasteiger partial charge is 0.427 e. The molecule has 0 heterocycles. The Morgan fingerprint density at radius 3 is 1.34 bits per heavy atom. The molecule has 0 saturated heterocycles. The van der Waals surface area contributed by atoms with Gasteiger partial charge in [0.15, 0.2) is 0 Å². The van der Waals surface area contributed by atoms with Gasteiger partial charge >= 0.3 is 11.9 Å². The summed E-state index contributed by atoms with van der Waals surface area (Å²) >= 11 is 0. The first kappa shape index (κ1) is 20.1. The van der Waals surface area contributed by atoms with Gasteiger partial charge in [-0.3, -0.25) is 9.59 Å². The number of hydrogen-bond acceptors (Lipinski definition) is 4. The molecule has 0 radical (unpaired) electrons. The zero-order valence-corrected chi connectivity index (χ0v) is 16.6. The number of ether oxygens (including phenoxy) is 2. The molecule has 0 atom stereocenters. The van der Waals surface area contributed by atoms with Gasteiger partial charge in [-0.15, -0.1) is 0 Å². The molecule has 3 aromatic carbocycles. The molecule has 0 amide bonds. The Morgan fingerprint density at radius 1 is 0.552 bits per heavy atom. The van der Waals surface area contributed by atoms with Crippen molar-refractivity contribution in [3.05, 3.63) is 95.6 Å². The topological polar surface area (TPSA) is 52.6 Å². The fourth-order valence-electron chi connectivity index (χ4n) is 3.14. The third-order valence-electron chi connectivity index (χ3n) is 4.39. The molecule has 4 nitrogen and oxygen atoms in total. The molecule has 0 saturated carbocycles. The second-order valence-corrected chi connectivity index (χ2v) is 6.60. The minimum Gasteiger partial charge on any atom is -0.427 e. The van der Waals surface area contributed by atoms with Crippen molar-refractivity contribution in [3.63, 3.8) is 0 Å². The summed E-state index contributed by atoms with van der Waals surface area (Å²) in [5, 5.41) is 0. The summed E-state index contributed by atoms with van der Waals surface area (Å²) in [6.45, 7) is 4.83. The highest BCUT2D eigenvalue weighted by molar-refractivity contribution is 5.98. The molecule has 0 unspecified atom stereocenters. The van der Waals surface area contributed by atoms with Crippen LogP contribution in [0.25, 0.3) is 11.1 Å². The zero-order chi connectivity index (χ0) is 20.8. The van der Waals surface area contributed by atoms with E-state index in [2.05, 4.69) is 19.1 Å². The van der Waals surface area contributed by atoms with Crippen LogP contribution in [0, 0.1) is 0 Å². The van der Waals surface area contributed by atoms with Gasteiger partial charge in [0, 0.05) is 13.8 Å². The zero-order valence-electron chi connectivity index (χ0n) is 16.6. The summed E-state index contributed by atoms with van der Waals surface area (Å²) in [7, 11) is 0. The van der Waals surface area contributed by atoms with Crippen molar-refractivity contribution < 1.29 is 19.1 Å². The fraction of sp³-hybridized carbons (Fsp3) is 0.120. The van der Waals surface area contributed by atoms with Gasteiger partial charge in [0.25, 0.3) is 0 Å². The number of rotatable bonds is 5. The molecule has 0 fully saturated rings. The lowest BCUT2D eigenvalue weighted by Gasteiger charge is -2.15. The normalized spacial score (nSPS) is 10.2. The summed E-state index contributed by atoms with van der Waals surface area (Å²) in [4.78, 5) is 22.4. The van der Waals surface area contributed by atoms with Gasteiger partial charge in [0.2, 0.25) is 0 Å². The van der Waals surface area contributed by atoms with E-state index in [4.69, 9.17) is 9.47 Å². The first-order valence-electron chi connectivity index (χ1n) is 9.28. The van der Waals surface area contributed by atoms with Crippen molar-refractivity contribution >= 4 is 23.1 Å².